The van der Waals surface area contributed by atoms with E-state index in [0.29, 0.717) is 17.5 Å². The lowest BCUT2D eigenvalue weighted by molar-refractivity contribution is 0.539. The van der Waals surface area contributed by atoms with Crippen molar-refractivity contribution in [2.75, 3.05) is 13.1 Å². The van der Waals surface area contributed by atoms with Crippen LogP contribution in [0.15, 0.2) is 29.2 Å². The van der Waals surface area contributed by atoms with E-state index in [0.717, 1.165) is 24.9 Å². The zero-order chi connectivity index (χ0) is 13.0. The molecule has 1 fully saturated rings. The Balaban J connectivity index is 1.93. The molecule has 1 aliphatic rings. The molecule has 1 saturated heterocycles. The molecule has 100 valence electrons. The van der Waals surface area contributed by atoms with Crippen LogP contribution in [0.25, 0.3) is 0 Å². The number of rotatable bonds is 5. The van der Waals surface area contributed by atoms with Crippen LogP contribution in [-0.2, 0) is 10.0 Å². The maximum atomic E-state index is 12.1. The van der Waals surface area contributed by atoms with E-state index in [-0.39, 0.29) is 0 Å². The summed E-state index contributed by atoms with van der Waals surface area (Å²) in [7, 11) is -3.36. The summed E-state index contributed by atoms with van der Waals surface area (Å²) in [5, 5.41) is 3.36. The third kappa shape index (κ3) is 3.31. The number of sulfonamides is 1. The van der Waals surface area contributed by atoms with Gasteiger partial charge in [0.1, 0.15) is 0 Å². The molecule has 0 radical (unpaired) electrons. The van der Waals surface area contributed by atoms with Gasteiger partial charge < -0.3 is 5.32 Å². The monoisotopic (exact) mass is 268 g/mol. The normalized spacial score (nSPS) is 20.2. The number of hydrogen-bond acceptors (Lipinski definition) is 3. The summed E-state index contributed by atoms with van der Waals surface area (Å²) in [5.41, 5.74) is 0.781. The van der Waals surface area contributed by atoms with Gasteiger partial charge in [-0.25, -0.2) is 13.1 Å². The third-order valence-electron chi connectivity index (χ3n) is 3.33. The quantitative estimate of drug-likeness (QED) is 0.849. The summed E-state index contributed by atoms with van der Waals surface area (Å²) in [6.45, 7) is 3.36. The van der Waals surface area contributed by atoms with Crippen molar-refractivity contribution in [2.24, 2.45) is 0 Å². The number of aryl methyl sites for hydroxylation is 1. The maximum Gasteiger partial charge on any atom is 0.240 e. The molecule has 0 aromatic heterocycles. The van der Waals surface area contributed by atoms with Crippen LogP contribution < -0.4 is 10.0 Å². The van der Waals surface area contributed by atoms with Gasteiger partial charge in [-0.15, -0.1) is 0 Å². The molecule has 0 spiro atoms. The number of nitrogens with one attached hydrogen (secondary N) is 2. The fraction of sp³-hybridized carbons (Fsp3) is 0.538. The van der Waals surface area contributed by atoms with Crippen LogP contribution in [0, 0.1) is 6.92 Å². The molecule has 1 atom stereocenters. The fourth-order valence-electron chi connectivity index (χ4n) is 2.31. The second-order valence-electron chi connectivity index (χ2n) is 4.75. The van der Waals surface area contributed by atoms with Gasteiger partial charge in [-0.05, 0) is 44.4 Å². The molecule has 1 aromatic rings. The Kier molecular flexibility index (Phi) is 4.37. The van der Waals surface area contributed by atoms with Gasteiger partial charge in [0.25, 0.3) is 0 Å². The predicted octanol–water partition coefficient (Wildman–Crippen LogP) is 1.42. The largest absolute Gasteiger partial charge is 0.314 e. The van der Waals surface area contributed by atoms with E-state index in [9.17, 15) is 8.42 Å². The molecule has 4 nitrogen and oxygen atoms in total. The molecule has 5 heteroatoms. The Morgan fingerprint density at radius 3 is 2.83 bits per heavy atom. The van der Waals surface area contributed by atoms with Crippen LogP contribution in [0.4, 0.5) is 0 Å². The van der Waals surface area contributed by atoms with Crippen LogP contribution in [0.3, 0.4) is 0 Å². The van der Waals surface area contributed by atoms with Gasteiger partial charge in [-0.3, -0.25) is 0 Å². The van der Waals surface area contributed by atoms with Gasteiger partial charge in [0.2, 0.25) is 10.0 Å². The molecule has 1 heterocycles. The Bertz CT molecular complexity index is 493. The number of hydrogen-bond donors (Lipinski definition) is 2. The molecule has 0 unspecified atom stereocenters. The third-order valence-corrected chi connectivity index (χ3v) is 4.95. The zero-order valence-corrected chi connectivity index (χ0v) is 11.5. The lowest BCUT2D eigenvalue weighted by Crippen LogP contribution is -2.30. The van der Waals surface area contributed by atoms with Crippen LogP contribution >= 0.6 is 0 Å². The molecule has 18 heavy (non-hydrogen) atoms. The van der Waals surface area contributed by atoms with Crippen LogP contribution in [0.1, 0.15) is 24.8 Å². The highest BCUT2D eigenvalue weighted by Crippen LogP contribution is 2.14. The molecular formula is C13H20N2O2S. The minimum absolute atomic E-state index is 0.379. The first-order valence-corrected chi connectivity index (χ1v) is 7.86. The van der Waals surface area contributed by atoms with Gasteiger partial charge in [0.15, 0.2) is 0 Å². The van der Waals surface area contributed by atoms with Crippen molar-refractivity contribution in [3.63, 3.8) is 0 Å². The highest BCUT2D eigenvalue weighted by molar-refractivity contribution is 7.89. The molecule has 0 amide bonds. The topological polar surface area (TPSA) is 58.2 Å². The van der Waals surface area contributed by atoms with Crippen LogP contribution in [-0.4, -0.2) is 27.5 Å². The molecule has 0 aliphatic carbocycles. The van der Waals surface area contributed by atoms with Crippen LogP contribution in [0.2, 0.25) is 0 Å². The average Bonchev–Trinajstić information content (AvgIpc) is 2.82. The minimum Gasteiger partial charge on any atom is -0.314 e. The van der Waals surface area contributed by atoms with E-state index in [1.165, 1.54) is 6.42 Å². The molecule has 1 aliphatic heterocycles. The lowest BCUT2D eigenvalue weighted by atomic mass is 10.2. The van der Waals surface area contributed by atoms with Gasteiger partial charge in [0, 0.05) is 12.6 Å². The van der Waals surface area contributed by atoms with Crippen molar-refractivity contribution < 1.29 is 8.42 Å². The Hall–Kier alpha value is -0.910. The Labute approximate surface area is 109 Å². The molecule has 2 N–H and O–H groups in total. The summed E-state index contributed by atoms with van der Waals surface area (Å²) in [6.07, 6.45) is 3.19. The molecule has 1 aromatic carbocycles. The number of benzene rings is 1. The lowest BCUT2D eigenvalue weighted by Gasteiger charge is -2.12. The summed E-state index contributed by atoms with van der Waals surface area (Å²) in [5.74, 6) is 0. The van der Waals surface area contributed by atoms with Crippen molar-refractivity contribution in [3.05, 3.63) is 29.8 Å². The first kappa shape index (κ1) is 13.5. The highest BCUT2D eigenvalue weighted by atomic mass is 32.2. The SMILES string of the molecule is Cc1ccccc1S(=O)(=O)NCC[C@@H]1CCCN1. The van der Waals surface area contributed by atoms with E-state index in [2.05, 4.69) is 10.0 Å². The summed E-state index contributed by atoms with van der Waals surface area (Å²) < 4.78 is 26.9. The Morgan fingerprint density at radius 1 is 1.39 bits per heavy atom. The standard InChI is InChI=1S/C13H20N2O2S/c1-11-5-2-3-7-13(11)18(16,17)15-10-8-12-6-4-9-14-12/h2-3,5,7,12,14-15H,4,6,8-10H2,1H3/t12-/m0/s1. The zero-order valence-electron chi connectivity index (χ0n) is 10.6. The van der Waals surface area contributed by atoms with Crippen molar-refractivity contribution >= 4 is 10.0 Å². The smallest absolute Gasteiger partial charge is 0.240 e. The minimum atomic E-state index is -3.36. The van der Waals surface area contributed by atoms with E-state index in [1.807, 2.05) is 19.1 Å². The molecule has 2 rings (SSSR count). The highest BCUT2D eigenvalue weighted by Gasteiger charge is 2.18. The van der Waals surface area contributed by atoms with Gasteiger partial charge >= 0.3 is 0 Å². The average molecular weight is 268 g/mol. The van der Waals surface area contributed by atoms with E-state index in [4.69, 9.17) is 0 Å². The van der Waals surface area contributed by atoms with Gasteiger partial charge in [-0.1, -0.05) is 18.2 Å². The van der Waals surface area contributed by atoms with Gasteiger partial charge in [0.05, 0.1) is 4.90 Å². The molecular weight excluding hydrogens is 248 g/mol. The van der Waals surface area contributed by atoms with E-state index >= 15 is 0 Å². The van der Waals surface area contributed by atoms with Crippen molar-refractivity contribution in [3.8, 4) is 0 Å². The summed E-state index contributed by atoms with van der Waals surface area (Å²) in [4.78, 5) is 0.379. The van der Waals surface area contributed by atoms with E-state index < -0.39 is 10.0 Å². The van der Waals surface area contributed by atoms with Crippen LogP contribution in [0.5, 0.6) is 0 Å². The molecule has 0 saturated carbocycles. The second-order valence-corrected chi connectivity index (χ2v) is 6.48. The fourth-order valence-corrected chi connectivity index (χ4v) is 3.60. The predicted molar refractivity (Wildman–Crippen MR) is 72.0 cm³/mol. The van der Waals surface area contributed by atoms with Crippen molar-refractivity contribution in [2.45, 2.75) is 37.1 Å². The van der Waals surface area contributed by atoms with Crippen molar-refractivity contribution in [1.29, 1.82) is 0 Å². The van der Waals surface area contributed by atoms with Gasteiger partial charge in [-0.2, -0.15) is 0 Å². The van der Waals surface area contributed by atoms with E-state index in [1.54, 1.807) is 12.1 Å². The first-order chi connectivity index (χ1) is 8.59. The summed E-state index contributed by atoms with van der Waals surface area (Å²) >= 11 is 0. The Morgan fingerprint density at radius 2 is 2.17 bits per heavy atom. The molecule has 0 bridgehead atoms. The van der Waals surface area contributed by atoms with Crippen molar-refractivity contribution in [1.82, 2.24) is 10.0 Å². The summed E-state index contributed by atoms with van der Waals surface area (Å²) in [6, 6.07) is 7.51. The maximum absolute atomic E-state index is 12.1. The second kappa shape index (κ2) is 5.82. The first-order valence-electron chi connectivity index (χ1n) is 6.38.